The number of aliphatic carboxylic acids is 1. The van der Waals surface area contributed by atoms with Gasteiger partial charge in [0.1, 0.15) is 0 Å². The van der Waals surface area contributed by atoms with E-state index in [1.165, 1.54) is 18.2 Å². The molecule has 2 N–H and O–H groups in total. The summed E-state index contributed by atoms with van der Waals surface area (Å²) in [5.74, 6) is -1.08. The van der Waals surface area contributed by atoms with Gasteiger partial charge >= 0.3 is 12.3 Å². The quantitative estimate of drug-likeness (QED) is 0.882. The van der Waals surface area contributed by atoms with Crippen LogP contribution in [0.5, 0.6) is 11.5 Å². The van der Waals surface area contributed by atoms with E-state index in [0.29, 0.717) is 5.69 Å². The van der Waals surface area contributed by atoms with Gasteiger partial charge in [0.05, 0.1) is 5.41 Å². The van der Waals surface area contributed by atoms with E-state index in [2.05, 4.69) is 14.8 Å². The normalized spacial score (nSPS) is 16.2. The van der Waals surface area contributed by atoms with Gasteiger partial charge in [-0.3, -0.25) is 4.79 Å². The molecule has 5 nitrogen and oxygen atoms in total. The van der Waals surface area contributed by atoms with E-state index >= 15 is 0 Å². The van der Waals surface area contributed by atoms with Crippen LogP contribution in [0.2, 0.25) is 0 Å². The predicted molar refractivity (Wildman–Crippen MR) is 62.6 cm³/mol. The highest BCUT2D eigenvalue weighted by atomic mass is 19.3. The van der Waals surface area contributed by atoms with Crippen molar-refractivity contribution >= 4 is 11.7 Å². The molecule has 104 valence electrons. The smallest absolute Gasteiger partial charge is 0.481 e. The van der Waals surface area contributed by atoms with Crippen LogP contribution in [0.25, 0.3) is 0 Å². The molecule has 0 atom stereocenters. The molecule has 1 aliphatic rings. The monoisotopic (exact) mass is 273 g/mol. The molecule has 0 bridgehead atoms. The fourth-order valence-corrected chi connectivity index (χ4v) is 1.46. The van der Waals surface area contributed by atoms with Crippen molar-refractivity contribution in [1.29, 1.82) is 0 Å². The molecule has 0 saturated carbocycles. The van der Waals surface area contributed by atoms with Crippen LogP contribution in [0, 0.1) is 5.41 Å². The number of fused-ring (bicyclic) bond motifs is 1. The molecule has 1 aromatic carbocycles. The van der Waals surface area contributed by atoms with Gasteiger partial charge in [-0.15, -0.1) is 8.78 Å². The summed E-state index contributed by atoms with van der Waals surface area (Å²) in [6, 6.07) is 4.20. The molecule has 0 aliphatic carbocycles. The lowest BCUT2D eigenvalue weighted by atomic mass is 9.94. The summed E-state index contributed by atoms with van der Waals surface area (Å²) >= 11 is 0. The van der Waals surface area contributed by atoms with E-state index in [9.17, 15) is 13.6 Å². The van der Waals surface area contributed by atoms with Crippen molar-refractivity contribution in [3.05, 3.63) is 18.2 Å². The molecule has 0 spiro atoms. The second kappa shape index (κ2) is 4.25. The van der Waals surface area contributed by atoms with Crippen LogP contribution < -0.4 is 14.8 Å². The van der Waals surface area contributed by atoms with Crippen molar-refractivity contribution < 1.29 is 28.2 Å². The Morgan fingerprint density at radius 1 is 1.37 bits per heavy atom. The largest absolute Gasteiger partial charge is 0.586 e. The number of hydrogen-bond acceptors (Lipinski definition) is 4. The lowest BCUT2D eigenvalue weighted by Crippen LogP contribution is -2.31. The highest BCUT2D eigenvalue weighted by Crippen LogP contribution is 2.42. The summed E-state index contributed by atoms with van der Waals surface area (Å²) in [6.07, 6.45) is -3.65. The SMILES string of the molecule is CC(C)(CNc1ccc2c(c1)OC(F)(F)O2)C(=O)O. The molecule has 2 rings (SSSR count). The molecule has 7 heteroatoms. The number of anilines is 1. The van der Waals surface area contributed by atoms with Crippen LogP contribution in [-0.2, 0) is 4.79 Å². The average Bonchev–Trinajstić information content (AvgIpc) is 2.59. The molecule has 0 unspecified atom stereocenters. The molecule has 0 aromatic heterocycles. The van der Waals surface area contributed by atoms with Gasteiger partial charge in [0.25, 0.3) is 0 Å². The molecular formula is C12H13F2NO4. The standard InChI is InChI=1S/C12H13F2NO4/c1-11(2,10(16)17)6-15-7-3-4-8-9(5-7)19-12(13,14)18-8/h3-5,15H,6H2,1-2H3,(H,16,17). The molecule has 1 aliphatic heterocycles. The van der Waals surface area contributed by atoms with Gasteiger partial charge in [-0.1, -0.05) is 0 Å². The van der Waals surface area contributed by atoms with Crippen LogP contribution in [0.1, 0.15) is 13.8 Å². The summed E-state index contributed by atoms with van der Waals surface area (Å²) < 4.78 is 34.2. The number of alkyl halides is 2. The molecule has 0 fully saturated rings. The number of carboxylic acids is 1. The number of benzene rings is 1. The topological polar surface area (TPSA) is 67.8 Å². The first kappa shape index (κ1) is 13.4. The first-order chi connectivity index (χ1) is 8.70. The summed E-state index contributed by atoms with van der Waals surface area (Å²) in [6.45, 7) is 3.27. The van der Waals surface area contributed by atoms with Crippen molar-refractivity contribution in [2.75, 3.05) is 11.9 Å². The summed E-state index contributed by atoms with van der Waals surface area (Å²) in [7, 11) is 0. The summed E-state index contributed by atoms with van der Waals surface area (Å²) in [5.41, 5.74) is -0.491. The maximum Gasteiger partial charge on any atom is 0.586 e. The molecule has 19 heavy (non-hydrogen) atoms. The molecule has 1 heterocycles. The molecular weight excluding hydrogens is 260 g/mol. The Kier molecular flexibility index (Phi) is 3.00. The molecule has 0 saturated heterocycles. The second-order valence-electron chi connectivity index (χ2n) is 4.87. The lowest BCUT2D eigenvalue weighted by molar-refractivity contribution is -0.286. The van der Waals surface area contributed by atoms with Crippen LogP contribution in [0.4, 0.5) is 14.5 Å². The Morgan fingerprint density at radius 3 is 2.63 bits per heavy atom. The summed E-state index contributed by atoms with van der Waals surface area (Å²) in [5, 5.41) is 11.8. The number of halogens is 2. The fourth-order valence-electron chi connectivity index (χ4n) is 1.46. The van der Waals surface area contributed by atoms with E-state index in [1.54, 1.807) is 13.8 Å². The molecule has 1 aromatic rings. The van der Waals surface area contributed by atoms with Crippen molar-refractivity contribution in [3.63, 3.8) is 0 Å². The van der Waals surface area contributed by atoms with Gasteiger partial charge in [-0.25, -0.2) is 0 Å². The van der Waals surface area contributed by atoms with Gasteiger partial charge in [0, 0.05) is 18.3 Å². The number of nitrogens with one attached hydrogen (secondary N) is 1. The Hall–Kier alpha value is -2.05. The number of carboxylic acid groups (broad SMARTS) is 1. The molecule has 0 amide bonds. The van der Waals surface area contributed by atoms with E-state index in [1.807, 2.05) is 0 Å². The summed E-state index contributed by atoms with van der Waals surface area (Å²) in [4.78, 5) is 10.9. The Bertz CT molecular complexity index is 516. The first-order valence-corrected chi connectivity index (χ1v) is 5.57. The number of hydrogen-bond donors (Lipinski definition) is 2. The minimum absolute atomic E-state index is 0.0481. The minimum Gasteiger partial charge on any atom is -0.481 e. The number of carbonyl (C=O) groups is 1. The number of rotatable bonds is 4. The highest BCUT2D eigenvalue weighted by Gasteiger charge is 2.43. The third-order valence-electron chi connectivity index (χ3n) is 2.71. The van der Waals surface area contributed by atoms with Gasteiger partial charge in [0.2, 0.25) is 0 Å². The molecule has 0 radical (unpaired) electrons. The van der Waals surface area contributed by atoms with Crippen molar-refractivity contribution in [1.82, 2.24) is 0 Å². The zero-order chi connectivity index (χ0) is 14.3. The van der Waals surface area contributed by atoms with Crippen LogP contribution in [-0.4, -0.2) is 23.9 Å². The van der Waals surface area contributed by atoms with Gasteiger partial charge < -0.3 is 19.9 Å². The van der Waals surface area contributed by atoms with E-state index in [0.717, 1.165) is 0 Å². The third-order valence-corrected chi connectivity index (χ3v) is 2.71. The van der Waals surface area contributed by atoms with Crippen molar-refractivity contribution in [2.24, 2.45) is 5.41 Å². The van der Waals surface area contributed by atoms with Crippen LogP contribution in [0.15, 0.2) is 18.2 Å². The average molecular weight is 273 g/mol. The Morgan fingerprint density at radius 2 is 2.00 bits per heavy atom. The van der Waals surface area contributed by atoms with Crippen LogP contribution in [0.3, 0.4) is 0 Å². The second-order valence-corrected chi connectivity index (χ2v) is 4.87. The van der Waals surface area contributed by atoms with Gasteiger partial charge in [-0.05, 0) is 26.0 Å². The zero-order valence-corrected chi connectivity index (χ0v) is 10.4. The number of ether oxygens (including phenoxy) is 2. The van der Waals surface area contributed by atoms with E-state index < -0.39 is 17.7 Å². The van der Waals surface area contributed by atoms with E-state index in [4.69, 9.17) is 5.11 Å². The maximum atomic E-state index is 12.8. The zero-order valence-electron chi connectivity index (χ0n) is 10.4. The van der Waals surface area contributed by atoms with E-state index in [-0.39, 0.29) is 18.0 Å². The maximum absolute atomic E-state index is 12.8. The van der Waals surface area contributed by atoms with Crippen molar-refractivity contribution in [3.8, 4) is 11.5 Å². The van der Waals surface area contributed by atoms with Crippen molar-refractivity contribution in [2.45, 2.75) is 20.1 Å². The van der Waals surface area contributed by atoms with Gasteiger partial charge in [0.15, 0.2) is 11.5 Å². The Balaban J connectivity index is 2.07. The first-order valence-electron chi connectivity index (χ1n) is 5.57. The third kappa shape index (κ3) is 2.86. The fraction of sp³-hybridized carbons (Fsp3) is 0.417. The lowest BCUT2D eigenvalue weighted by Gasteiger charge is -2.20. The minimum atomic E-state index is -3.65. The van der Waals surface area contributed by atoms with Gasteiger partial charge in [-0.2, -0.15) is 0 Å². The Labute approximate surface area is 108 Å². The highest BCUT2D eigenvalue weighted by molar-refractivity contribution is 5.74. The predicted octanol–water partition coefficient (Wildman–Crippen LogP) is 2.53. The van der Waals surface area contributed by atoms with Crippen LogP contribution >= 0.6 is 0 Å².